The molecule has 0 aliphatic carbocycles. The van der Waals surface area contributed by atoms with Gasteiger partial charge in [0.1, 0.15) is 5.82 Å². The van der Waals surface area contributed by atoms with Crippen molar-refractivity contribution in [3.63, 3.8) is 0 Å². The van der Waals surface area contributed by atoms with Crippen LogP contribution in [0.2, 0.25) is 0 Å². The number of pyridine rings is 1. The van der Waals surface area contributed by atoms with E-state index in [0.717, 1.165) is 11.6 Å². The first-order chi connectivity index (χ1) is 13.4. The first kappa shape index (κ1) is 19.4. The number of aryl methyl sites for hydroxylation is 1. The number of nitrogens with one attached hydrogen (secondary N) is 1. The van der Waals surface area contributed by atoms with E-state index in [9.17, 15) is 17.6 Å². The van der Waals surface area contributed by atoms with Gasteiger partial charge in [-0.2, -0.15) is 0 Å². The van der Waals surface area contributed by atoms with Crippen molar-refractivity contribution in [2.45, 2.75) is 16.7 Å². The Kier molecular flexibility index (Phi) is 5.65. The minimum Gasteiger partial charge on any atom is -0.323 e. The van der Waals surface area contributed by atoms with E-state index in [1.165, 1.54) is 42.5 Å². The molecule has 0 fully saturated rings. The van der Waals surface area contributed by atoms with Crippen molar-refractivity contribution in [2.75, 3.05) is 5.32 Å². The molecule has 0 spiro atoms. The molecule has 1 amide bonds. The van der Waals surface area contributed by atoms with E-state index < -0.39 is 15.7 Å². The van der Waals surface area contributed by atoms with Gasteiger partial charge >= 0.3 is 0 Å². The number of carbonyl (C=O) groups excluding carboxylic acids is 1. The summed E-state index contributed by atoms with van der Waals surface area (Å²) < 4.78 is 38.9. The third kappa shape index (κ3) is 4.50. The first-order valence-corrected chi connectivity index (χ1v) is 9.85. The number of benzene rings is 2. The summed E-state index contributed by atoms with van der Waals surface area (Å²) in [6.07, 6.45) is 6.24. The molecule has 28 heavy (non-hydrogen) atoms. The quantitative estimate of drug-likeness (QED) is 0.661. The zero-order chi connectivity index (χ0) is 20.1. The van der Waals surface area contributed by atoms with Gasteiger partial charge in [-0.15, -0.1) is 0 Å². The van der Waals surface area contributed by atoms with Crippen molar-refractivity contribution >= 4 is 27.5 Å². The second-order valence-electron chi connectivity index (χ2n) is 6.05. The van der Waals surface area contributed by atoms with Gasteiger partial charge in [-0.25, -0.2) is 12.8 Å². The molecule has 3 rings (SSSR count). The summed E-state index contributed by atoms with van der Waals surface area (Å²) >= 11 is 0. The van der Waals surface area contributed by atoms with Crippen LogP contribution in [0, 0.1) is 12.7 Å². The Balaban J connectivity index is 1.73. The van der Waals surface area contributed by atoms with Crippen LogP contribution in [0.1, 0.15) is 11.1 Å². The van der Waals surface area contributed by atoms with E-state index in [1.807, 2.05) is 6.07 Å². The molecule has 7 heteroatoms. The lowest BCUT2D eigenvalue weighted by Gasteiger charge is -2.07. The normalized spacial score (nSPS) is 11.5. The number of nitrogens with zero attached hydrogens (tertiary/aromatic N) is 1. The molecule has 142 valence electrons. The van der Waals surface area contributed by atoms with Gasteiger partial charge in [0, 0.05) is 24.2 Å². The van der Waals surface area contributed by atoms with Crippen LogP contribution in [0.4, 0.5) is 10.1 Å². The standard InChI is InChI=1S/C21H17FN2O3S/c1-15-4-8-19(13-20(15)22)28(26,27)18-9-6-17(7-10-18)24-21(25)11-5-16-3-2-12-23-14-16/h2-14H,1H3,(H,24,25)/b11-5+. The van der Waals surface area contributed by atoms with Gasteiger partial charge in [0.05, 0.1) is 9.79 Å². The molecule has 0 saturated carbocycles. The maximum atomic E-state index is 13.7. The summed E-state index contributed by atoms with van der Waals surface area (Å²) in [5.41, 5.74) is 1.59. The van der Waals surface area contributed by atoms with Gasteiger partial charge in [0.2, 0.25) is 15.7 Å². The number of hydrogen-bond donors (Lipinski definition) is 1. The third-order valence-electron chi connectivity index (χ3n) is 4.00. The minimum atomic E-state index is -3.84. The van der Waals surface area contributed by atoms with Crippen LogP contribution in [0.5, 0.6) is 0 Å². The van der Waals surface area contributed by atoms with Crippen molar-refractivity contribution in [3.05, 3.63) is 90.0 Å². The smallest absolute Gasteiger partial charge is 0.248 e. The molecule has 0 aliphatic rings. The van der Waals surface area contributed by atoms with Crippen LogP contribution in [0.3, 0.4) is 0 Å². The van der Waals surface area contributed by atoms with Gasteiger partial charge in [-0.3, -0.25) is 9.78 Å². The number of rotatable bonds is 5. The average molecular weight is 396 g/mol. The Hall–Kier alpha value is -3.32. The van der Waals surface area contributed by atoms with E-state index in [2.05, 4.69) is 10.3 Å². The fraction of sp³-hybridized carbons (Fsp3) is 0.0476. The first-order valence-electron chi connectivity index (χ1n) is 8.37. The molecular formula is C21H17FN2O3S. The van der Waals surface area contributed by atoms with Gasteiger partial charge in [0.15, 0.2) is 0 Å². The van der Waals surface area contributed by atoms with Gasteiger partial charge in [0.25, 0.3) is 0 Å². The highest BCUT2D eigenvalue weighted by Gasteiger charge is 2.18. The Labute approximate surface area is 162 Å². The minimum absolute atomic E-state index is 0.0136. The Morgan fingerprint density at radius 3 is 2.43 bits per heavy atom. The molecule has 1 aromatic heterocycles. The van der Waals surface area contributed by atoms with Crippen molar-refractivity contribution in [3.8, 4) is 0 Å². The third-order valence-corrected chi connectivity index (χ3v) is 5.76. The highest BCUT2D eigenvalue weighted by Crippen LogP contribution is 2.24. The maximum absolute atomic E-state index is 13.7. The molecule has 0 radical (unpaired) electrons. The van der Waals surface area contributed by atoms with Crippen LogP contribution < -0.4 is 5.32 Å². The van der Waals surface area contributed by atoms with Crippen molar-refractivity contribution in [1.29, 1.82) is 0 Å². The molecule has 0 bridgehead atoms. The van der Waals surface area contributed by atoms with Crippen LogP contribution in [-0.2, 0) is 14.6 Å². The van der Waals surface area contributed by atoms with Gasteiger partial charge in [-0.1, -0.05) is 12.1 Å². The lowest BCUT2D eigenvalue weighted by Crippen LogP contribution is -2.08. The fourth-order valence-corrected chi connectivity index (χ4v) is 3.70. The second kappa shape index (κ2) is 8.14. The number of carbonyl (C=O) groups is 1. The number of anilines is 1. The summed E-state index contributed by atoms with van der Waals surface area (Å²) in [6.45, 7) is 1.56. The van der Waals surface area contributed by atoms with E-state index in [-0.39, 0.29) is 15.7 Å². The topological polar surface area (TPSA) is 76.1 Å². The zero-order valence-corrected chi connectivity index (χ0v) is 15.8. The van der Waals surface area contributed by atoms with Crippen LogP contribution in [0.25, 0.3) is 6.08 Å². The predicted octanol–water partition coefficient (Wildman–Crippen LogP) is 4.01. The summed E-state index contributed by atoms with van der Waals surface area (Å²) in [4.78, 5) is 15.8. The van der Waals surface area contributed by atoms with Crippen molar-refractivity contribution < 1.29 is 17.6 Å². The Morgan fingerprint density at radius 1 is 1.07 bits per heavy atom. The average Bonchev–Trinajstić information content (AvgIpc) is 2.69. The van der Waals surface area contributed by atoms with E-state index >= 15 is 0 Å². The molecule has 3 aromatic rings. The molecule has 0 atom stereocenters. The molecule has 2 aromatic carbocycles. The Morgan fingerprint density at radius 2 is 1.79 bits per heavy atom. The monoisotopic (exact) mass is 396 g/mol. The van der Waals surface area contributed by atoms with E-state index in [1.54, 1.807) is 31.5 Å². The van der Waals surface area contributed by atoms with E-state index in [0.29, 0.717) is 11.3 Å². The summed E-state index contributed by atoms with van der Waals surface area (Å²) in [5, 5.41) is 2.65. The molecule has 1 heterocycles. The van der Waals surface area contributed by atoms with Crippen molar-refractivity contribution in [2.24, 2.45) is 0 Å². The zero-order valence-electron chi connectivity index (χ0n) is 15.0. The number of aromatic nitrogens is 1. The van der Waals surface area contributed by atoms with Crippen LogP contribution >= 0.6 is 0 Å². The van der Waals surface area contributed by atoms with E-state index in [4.69, 9.17) is 0 Å². The molecule has 0 saturated heterocycles. The number of sulfone groups is 1. The van der Waals surface area contributed by atoms with Gasteiger partial charge in [-0.05, 0) is 66.6 Å². The summed E-state index contributed by atoms with van der Waals surface area (Å²) in [6, 6.07) is 13.1. The summed E-state index contributed by atoms with van der Waals surface area (Å²) in [5.74, 6) is -0.939. The second-order valence-corrected chi connectivity index (χ2v) is 8.00. The lowest BCUT2D eigenvalue weighted by molar-refractivity contribution is -0.111. The van der Waals surface area contributed by atoms with Crippen LogP contribution in [0.15, 0.2) is 82.9 Å². The Bertz CT molecular complexity index is 1130. The fourth-order valence-electron chi connectivity index (χ4n) is 2.42. The van der Waals surface area contributed by atoms with Gasteiger partial charge < -0.3 is 5.32 Å². The SMILES string of the molecule is Cc1ccc(S(=O)(=O)c2ccc(NC(=O)/C=C/c3cccnc3)cc2)cc1F. The van der Waals surface area contributed by atoms with Crippen molar-refractivity contribution in [1.82, 2.24) is 4.98 Å². The number of halogens is 1. The molecule has 1 N–H and O–H groups in total. The molecule has 5 nitrogen and oxygen atoms in total. The molecule has 0 unspecified atom stereocenters. The lowest BCUT2D eigenvalue weighted by atomic mass is 10.2. The number of amides is 1. The van der Waals surface area contributed by atoms with Crippen LogP contribution in [-0.4, -0.2) is 19.3 Å². The predicted molar refractivity (Wildman–Crippen MR) is 105 cm³/mol. The highest BCUT2D eigenvalue weighted by atomic mass is 32.2. The maximum Gasteiger partial charge on any atom is 0.248 e. The highest BCUT2D eigenvalue weighted by molar-refractivity contribution is 7.91. The molecule has 0 aliphatic heterocycles. The largest absolute Gasteiger partial charge is 0.323 e. The number of hydrogen-bond acceptors (Lipinski definition) is 4. The summed E-state index contributed by atoms with van der Waals surface area (Å²) in [7, 11) is -3.84. The molecular weight excluding hydrogens is 379 g/mol.